The summed E-state index contributed by atoms with van der Waals surface area (Å²) in [5.74, 6) is 0.108. The van der Waals surface area contributed by atoms with Gasteiger partial charge in [-0.2, -0.15) is 5.10 Å². The van der Waals surface area contributed by atoms with Gasteiger partial charge in [-0.1, -0.05) is 0 Å². The molecule has 0 saturated carbocycles. The molecule has 3 heterocycles. The largest absolute Gasteiger partial charge is 0.337 e. The zero-order chi connectivity index (χ0) is 11.0. The van der Waals surface area contributed by atoms with Crippen LogP contribution in [0.2, 0.25) is 0 Å². The summed E-state index contributed by atoms with van der Waals surface area (Å²) in [5, 5.41) is 10.4. The van der Waals surface area contributed by atoms with Gasteiger partial charge < -0.3 is 10.2 Å². The van der Waals surface area contributed by atoms with E-state index in [-0.39, 0.29) is 5.91 Å². The predicted molar refractivity (Wildman–Crippen MR) is 59.1 cm³/mol. The van der Waals surface area contributed by atoms with Gasteiger partial charge in [-0.3, -0.25) is 9.89 Å². The highest BCUT2D eigenvalue weighted by atomic mass is 16.2. The van der Waals surface area contributed by atoms with Crippen molar-refractivity contribution >= 4 is 5.91 Å². The van der Waals surface area contributed by atoms with Crippen LogP contribution < -0.4 is 5.32 Å². The molecule has 0 atom stereocenters. The number of fused-ring (bicyclic) bond motifs is 1. The Kier molecular flexibility index (Phi) is 2.40. The number of aromatic nitrogens is 2. The highest BCUT2D eigenvalue weighted by Gasteiger charge is 2.26. The first-order valence-corrected chi connectivity index (χ1v) is 5.92. The molecule has 1 fully saturated rings. The van der Waals surface area contributed by atoms with Gasteiger partial charge in [0.25, 0.3) is 5.91 Å². The van der Waals surface area contributed by atoms with Gasteiger partial charge in [-0.05, 0) is 25.8 Å². The number of amides is 1. The lowest BCUT2D eigenvalue weighted by molar-refractivity contribution is 0.0786. The topological polar surface area (TPSA) is 61.0 Å². The van der Waals surface area contributed by atoms with E-state index in [0.29, 0.717) is 5.69 Å². The van der Waals surface area contributed by atoms with Gasteiger partial charge >= 0.3 is 0 Å². The maximum atomic E-state index is 12.2. The van der Waals surface area contributed by atoms with Crippen molar-refractivity contribution in [2.24, 2.45) is 0 Å². The number of aromatic amines is 1. The molecule has 1 saturated heterocycles. The van der Waals surface area contributed by atoms with E-state index < -0.39 is 0 Å². The maximum Gasteiger partial charge on any atom is 0.274 e. The smallest absolute Gasteiger partial charge is 0.274 e. The van der Waals surface area contributed by atoms with Gasteiger partial charge in [0.1, 0.15) is 0 Å². The zero-order valence-corrected chi connectivity index (χ0v) is 9.25. The van der Waals surface area contributed by atoms with Crippen molar-refractivity contribution in [2.45, 2.75) is 25.8 Å². The molecule has 0 unspecified atom stereocenters. The summed E-state index contributed by atoms with van der Waals surface area (Å²) in [5.41, 5.74) is 2.85. The lowest BCUT2D eigenvalue weighted by Gasteiger charge is -2.16. The lowest BCUT2D eigenvalue weighted by atomic mass is 10.1. The second-order valence-corrected chi connectivity index (χ2v) is 4.46. The lowest BCUT2D eigenvalue weighted by Crippen LogP contribution is -2.30. The van der Waals surface area contributed by atoms with Gasteiger partial charge in [0, 0.05) is 25.2 Å². The van der Waals surface area contributed by atoms with E-state index >= 15 is 0 Å². The van der Waals surface area contributed by atoms with Gasteiger partial charge in [-0.25, -0.2) is 0 Å². The van der Waals surface area contributed by atoms with Gasteiger partial charge in [0.05, 0.1) is 5.69 Å². The molecule has 0 spiro atoms. The second-order valence-electron chi connectivity index (χ2n) is 4.46. The summed E-state index contributed by atoms with van der Waals surface area (Å²) in [6, 6.07) is 0. The number of carbonyl (C=O) groups is 1. The third kappa shape index (κ3) is 1.51. The Hall–Kier alpha value is -1.36. The Balaban J connectivity index is 1.88. The molecule has 1 amide bonds. The first kappa shape index (κ1) is 9.84. The summed E-state index contributed by atoms with van der Waals surface area (Å²) in [6.45, 7) is 3.51. The molecule has 1 aromatic heterocycles. The van der Waals surface area contributed by atoms with Crippen LogP contribution in [0.15, 0.2) is 0 Å². The molecule has 3 rings (SSSR count). The number of nitrogens with zero attached hydrogens (tertiary/aromatic N) is 2. The van der Waals surface area contributed by atoms with Crippen molar-refractivity contribution in [1.82, 2.24) is 20.4 Å². The average Bonchev–Trinajstić information content (AvgIpc) is 2.98. The van der Waals surface area contributed by atoms with Crippen molar-refractivity contribution in [2.75, 3.05) is 19.6 Å². The standard InChI is InChI=1S/C11H16N4O/c16-11(15-5-1-2-6-15)10-8-3-4-12-7-9(8)13-14-10/h12H,1-7H2,(H,13,14). The Labute approximate surface area is 94.2 Å². The fourth-order valence-corrected chi connectivity index (χ4v) is 2.49. The first-order valence-electron chi connectivity index (χ1n) is 5.92. The molecule has 86 valence electrons. The molecule has 1 aromatic rings. The predicted octanol–water partition coefficient (Wildman–Crippen LogP) is 0.291. The summed E-state index contributed by atoms with van der Waals surface area (Å²) in [6.07, 6.45) is 3.15. The van der Waals surface area contributed by atoms with Crippen LogP contribution in [0, 0.1) is 0 Å². The van der Waals surface area contributed by atoms with Crippen LogP contribution in [0.4, 0.5) is 0 Å². The normalized spacial score (nSPS) is 19.9. The maximum absolute atomic E-state index is 12.2. The van der Waals surface area contributed by atoms with Crippen LogP contribution in [0.5, 0.6) is 0 Å². The fraction of sp³-hybridized carbons (Fsp3) is 0.636. The number of H-pyrrole nitrogens is 1. The van der Waals surface area contributed by atoms with Crippen molar-refractivity contribution in [3.8, 4) is 0 Å². The molecule has 0 aromatic carbocycles. The molecule has 5 heteroatoms. The number of carbonyl (C=O) groups excluding carboxylic acids is 1. The fourth-order valence-electron chi connectivity index (χ4n) is 2.49. The quantitative estimate of drug-likeness (QED) is 0.715. The summed E-state index contributed by atoms with van der Waals surface area (Å²) < 4.78 is 0. The van der Waals surface area contributed by atoms with E-state index in [0.717, 1.165) is 56.7 Å². The molecule has 5 nitrogen and oxygen atoms in total. The van der Waals surface area contributed by atoms with Crippen LogP contribution in [0.1, 0.15) is 34.6 Å². The molecule has 16 heavy (non-hydrogen) atoms. The van der Waals surface area contributed by atoms with Gasteiger partial charge in [0.15, 0.2) is 5.69 Å². The van der Waals surface area contributed by atoms with Crippen LogP contribution in [0.25, 0.3) is 0 Å². The summed E-state index contributed by atoms with van der Waals surface area (Å²) in [7, 11) is 0. The Morgan fingerprint density at radius 1 is 1.31 bits per heavy atom. The number of nitrogens with one attached hydrogen (secondary N) is 2. The van der Waals surface area contributed by atoms with Gasteiger partial charge in [0.2, 0.25) is 0 Å². The van der Waals surface area contributed by atoms with E-state index in [1.807, 2.05) is 4.90 Å². The monoisotopic (exact) mass is 220 g/mol. The first-order chi connectivity index (χ1) is 7.86. The molecule has 0 bridgehead atoms. The Morgan fingerprint density at radius 2 is 2.12 bits per heavy atom. The number of rotatable bonds is 1. The molecule has 2 N–H and O–H groups in total. The Bertz CT molecular complexity index is 406. The zero-order valence-electron chi connectivity index (χ0n) is 9.25. The van der Waals surface area contributed by atoms with Crippen LogP contribution >= 0.6 is 0 Å². The molecule has 2 aliphatic heterocycles. The highest BCUT2D eigenvalue weighted by molar-refractivity contribution is 5.94. The number of hydrogen-bond donors (Lipinski definition) is 2. The van der Waals surface area contributed by atoms with Crippen LogP contribution in [-0.2, 0) is 13.0 Å². The van der Waals surface area contributed by atoms with E-state index in [1.54, 1.807) is 0 Å². The Morgan fingerprint density at radius 3 is 2.94 bits per heavy atom. The van der Waals surface area contributed by atoms with E-state index in [9.17, 15) is 4.79 Å². The van der Waals surface area contributed by atoms with Crippen molar-refractivity contribution in [3.63, 3.8) is 0 Å². The minimum absolute atomic E-state index is 0.108. The SMILES string of the molecule is O=C(c1n[nH]c2c1CCNC2)N1CCCC1. The van der Waals surface area contributed by atoms with E-state index in [1.165, 1.54) is 0 Å². The van der Waals surface area contributed by atoms with Gasteiger partial charge in [-0.15, -0.1) is 0 Å². The summed E-state index contributed by atoms with van der Waals surface area (Å²) in [4.78, 5) is 14.1. The van der Waals surface area contributed by atoms with Crippen molar-refractivity contribution in [1.29, 1.82) is 0 Å². The second kappa shape index (κ2) is 3.90. The average molecular weight is 220 g/mol. The molecular weight excluding hydrogens is 204 g/mol. The van der Waals surface area contributed by atoms with Crippen molar-refractivity contribution in [3.05, 3.63) is 17.0 Å². The van der Waals surface area contributed by atoms with E-state index in [4.69, 9.17) is 0 Å². The molecule has 0 radical (unpaired) electrons. The van der Waals surface area contributed by atoms with E-state index in [2.05, 4.69) is 15.5 Å². The molecule has 0 aliphatic carbocycles. The summed E-state index contributed by atoms with van der Waals surface area (Å²) >= 11 is 0. The minimum atomic E-state index is 0.108. The minimum Gasteiger partial charge on any atom is -0.337 e. The van der Waals surface area contributed by atoms with Crippen molar-refractivity contribution < 1.29 is 4.79 Å². The third-order valence-corrected chi connectivity index (χ3v) is 3.40. The number of hydrogen-bond acceptors (Lipinski definition) is 3. The van der Waals surface area contributed by atoms with Crippen LogP contribution in [-0.4, -0.2) is 40.6 Å². The third-order valence-electron chi connectivity index (χ3n) is 3.40. The highest BCUT2D eigenvalue weighted by Crippen LogP contribution is 2.19. The molecule has 2 aliphatic rings. The van der Waals surface area contributed by atoms with Crippen LogP contribution in [0.3, 0.4) is 0 Å². The molecular formula is C11H16N4O. The number of likely N-dealkylation sites (tertiary alicyclic amines) is 1.